The highest BCUT2D eigenvalue weighted by molar-refractivity contribution is 6.22. The average molecular weight is 456 g/mol. The molecule has 1 aliphatic heterocycles. The van der Waals surface area contributed by atoms with Gasteiger partial charge in [0.2, 0.25) is 0 Å². The van der Waals surface area contributed by atoms with Crippen LogP contribution < -0.4 is 0 Å². The van der Waals surface area contributed by atoms with E-state index in [9.17, 15) is 19.2 Å². The Morgan fingerprint density at radius 2 is 1.44 bits per heavy atom. The van der Waals surface area contributed by atoms with Gasteiger partial charge in [-0.2, -0.15) is 0 Å². The lowest BCUT2D eigenvalue weighted by Gasteiger charge is -2.17. The second-order valence-corrected chi connectivity index (χ2v) is 8.07. The van der Waals surface area contributed by atoms with E-state index in [0.29, 0.717) is 13.0 Å². The number of hydrogen-bond donors (Lipinski definition) is 0. The van der Waals surface area contributed by atoms with Gasteiger partial charge in [-0.1, -0.05) is 60.7 Å². The van der Waals surface area contributed by atoms with Gasteiger partial charge in [0.1, 0.15) is 0 Å². The highest BCUT2D eigenvalue weighted by Crippen LogP contribution is 2.24. The van der Waals surface area contributed by atoms with E-state index in [1.165, 1.54) is 28.0 Å². The predicted molar refractivity (Wildman–Crippen MR) is 125 cm³/mol. The molecule has 0 bridgehead atoms. The molecule has 0 atom stereocenters. The van der Waals surface area contributed by atoms with E-state index in [0.717, 1.165) is 11.1 Å². The van der Waals surface area contributed by atoms with E-state index < -0.39 is 18.5 Å². The van der Waals surface area contributed by atoms with Crippen molar-refractivity contribution in [2.75, 3.05) is 20.2 Å². The third-order valence-corrected chi connectivity index (χ3v) is 5.69. The van der Waals surface area contributed by atoms with Crippen molar-refractivity contribution in [1.29, 1.82) is 0 Å². The molecule has 3 aromatic rings. The Balaban J connectivity index is 1.36. The van der Waals surface area contributed by atoms with Crippen LogP contribution in [-0.2, 0) is 22.5 Å². The molecular weight excluding hydrogens is 432 g/mol. The maximum Gasteiger partial charge on any atom is 0.338 e. The first kappa shape index (κ1) is 22.9. The number of imide groups is 1. The fourth-order valence-electron chi connectivity index (χ4n) is 3.77. The van der Waals surface area contributed by atoms with Gasteiger partial charge >= 0.3 is 5.97 Å². The molecule has 0 radical (unpaired) electrons. The summed E-state index contributed by atoms with van der Waals surface area (Å²) in [5.41, 5.74) is 2.52. The fourth-order valence-corrected chi connectivity index (χ4v) is 3.77. The number of ether oxygens (including phenoxy) is 1. The largest absolute Gasteiger partial charge is 0.452 e. The number of rotatable bonds is 8. The zero-order valence-electron chi connectivity index (χ0n) is 18.8. The minimum Gasteiger partial charge on any atom is -0.452 e. The Kier molecular flexibility index (Phi) is 6.82. The Bertz CT molecular complexity index is 1220. The normalized spacial score (nSPS) is 12.4. The minimum absolute atomic E-state index is 0.114. The molecule has 0 saturated heterocycles. The zero-order valence-corrected chi connectivity index (χ0v) is 18.8. The molecule has 4 rings (SSSR count). The number of fused-ring (bicyclic) bond motifs is 1. The number of carbonyl (C=O) groups is 4. The molecule has 172 valence electrons. The van der Waals surface area contributed by atoms with Crippen LogP contribution in [0.1, 0.15) is 42.2 Å². The fraction of sp³-hybridized carbons (Fsp3) is 0.185. The maximum absolute atomic E-state index is 12.8. The van der Waals surface area contributed by atoms with Crippen molar-refractivity contribution in [3.8, 4) is 0 Å². The maximum atomic E-state index is 12.8. The van der Waals surface area contributed by atoms with Crippen LogP contribution in [0.25, 0.3) is 0 Å². The summed E-state index contributed by atoms with van der Waals surface area (Å²) in [6.45, 7) is 0.221. The lowest BCUT2D eigenvalue weighted by atomic mass is 10.1. The first-order valence-electron chi connectivity index (χ1n) is 10.9. The van der Waals surface area contributed by atoms with Gasteiger partial charge in [0, 0.05) is 20.1 Å². The van der Waals surface area contributed by atoms with Crippen LogP contribution in [0, 0.1) is 0 Å². The number of likely N-dealkylation sites (N-methyl/N-ethyl adjacent to an activating group) is 1. The van der Waals surface area contributed by atoms with E-state index in [4.69, 9.17) is 4.74 Å². The van der Waals surface area contributed by atoms with E-state index in [2.05, 4.69) is 0 Å². The molecule has 0 fully saturated rings. The highest BCUT2D eigenvalue weighted by atomic mass is 16.5. The molecule has 0 aromatic heterocycles. The molecule has 7 heteroatoms. The van der Waals surface area contributed by atoms with Crippen LogP contribution in [-0.4, -0.2) is 53.7 Å². The van der Waals surface area contributed by atoms with Crippen molar-refractivity contribution in [2.24, 2.45) is 0 Å². The molecule has 1 heterocycles. The van der Waals surface area contributed by atoms with Gasteiger partial charge in [-0.05, 0) is 35.7 Å². The van der Waals surface area contributed by atoms with Crippen molar-refractivity contribution in [1.82, 2.24) is 9.80 Å². The average Bonchev–Trinajstić information content (AvgIpc) is 3.11. The number of esters is 1. The summed E-state index contributed by atoms with van der Waals surface area (Å²) in [7, 11) is 1.63. The summed E-state index contributed by atoms with van der Waals surface area (Å²) in [6, 6.07) is 23.3. The summed E-state index contributed by atoms with van der Waals surface area (Å²) in [5, 5.41) is 0. The predicted octanol–water partition coefficient (Wildman–Crippen LogP) is 3.34. The van der Waals surface area contributed by atoms with Gasteiger partial charge in [0.05, 0.1) is 16.7 Å². The van der Waals surface area contributed by atoms with Crippen LogP contribution in [0.5, 0.6) is 0 Å². The first-order valence-corrected chi connectivity index (χ1v) is 10.9. The van der Waals surface area contributed by atoms with Crippen molar-refractivity contribution >= 4 is 23.7 Å². The molecular formula is C27H24N2O5. The first-order chi connectivity index (χ1) is 16.4. The zero-order chi connectivity index (χ0) is 24.1. The summed E-state index contributed by atoms with van der Waals surface area (Å²) < 4.78 is 5.16. The molecule has 0 N–H and O–H groups in total. The Labute approximate surface area is 197 Å². The molecule has 34 heavy (non-hydrogen) atoms. The van der Waals surface area contributed by atoms with E-state index in [1.807, 2.05) is 60.7 Å². The highest BCUT2D eigenvalue weighted by Gasteiger charge is 2.35. The van der Waals surface area contributed by atoms with Crippen LogP contribution in [0.15, 0.2) is 78.9 Å². The molecule has 3 amide bonds. The number of nitrogens with zero attached hydrogens (tertiary/aromatic N) is 2. The standard InChI is InChI=1S/C27H24N2O5/c1-28(17-20-10-6-3-7-11-20)24(30)18-34-27(33)21-12-13-22-23(16-21)26(32)29(25(22)31)15-14-19-8-4-2-5-9-19/h2-13,16H,14-15,17-18H2,1H3. The van der Waals surface area contributed by atoms with E-state index in [-0.39, 0.29) is 35.0 Å². The number of carbonyl (C=O) groups excluding carboxylic acids is 4. The molecule has 3 aromatic carbocycles. The number of hydrogen-bond acceptors (Lipinski definition) is 5. The second kappa shape index (κ2) is 10.1. The van der Waals surface area contributed by atoms with Crippen LogP contribution in [0.4, 0.5) is 0 Å². The lowest BCUT2D eigenvalue weighted by Crippen LogP contribution is -2.31. The summed E-state index contributed by atoms with van der Waals surface area (Å²) in [4.78, 5) is 53.0. The molecule has 7 nitrogen and oxygen atoms in total. The monoisotopic (exact) mass is 456 g/mol. The molecule has 0 aliphatic carbocycles. The molecule has 0 saturated carbocycles. The van der Waals surface area contributed by atoms with Crippen molar-refractivity contribution in [2.45, 2.75) is 13.0 Å². The van der Waals surface area contributed by atoms with E-state index >= 15 is 0 Å². The Hall–Kier alpha value is -4.26. The van der Waals surface area contributed by atoms with Crippen molar-refractivity contribution in [3.63, 3.8) is 0 Å². The quantitative estimate of drug-likeness (QED) is 0.384. The van der Waals surface area contributed by atoms with Gasteiger partial charge in [-0.15, -0.1) is 0 Å². The van der Waals surface area contributed by atoms with Crippen molar-refractivity contribution < 1.29 is 23.9 Å². The van der Waals surface area contributed by atoms with Gasteiger partial charge in [-0.25, -0.2) is 4.79 Å². The third kappa shape index (κ3) is 5.04. The molecule has 0 spiro atoms. The smallest absolute Gasteiger partial charge is 0.338 e. The summed E-state index contributed by atoms with van der Waals surface area (Å²) in [6.07, 6.45) is 0.541. The lowest BCUT2D eigenvalue weighted by molar-refractivity contribution is -0.133. The van der Waals surface area contributed by atoms with E-state index in [1.54, 1.807) is 7.05 Å². The third-order valence-electron chi connectivity index (χ3n) is 5.69. The van der Waals surface area contributed by atoms with Gasteiger partial charge in [-0.3, -0.25) is 19.3 Å². The topological polar surface area (TPSA) is 84.0 Å². The summed E-state index contributed by atoms with van der Waals surface area (Å²) in [5.74, 6) is -1.90. The second-order valence-electron chi connectivity index (χ2n) is 8.07. The van der Waals surface area contributed by atoms with Gasteiger partial charge < -0.3 is 9.64 Å². The number of amides is 3. The molecule has 1 aliphatic rings. The van der Waals surface area contributed by atoms with Crippen molar-refractivity contribution in [3.05, 3.63) is 107 Å². The SMILES string of the molecule is CN(Cc1ccccc1)C(=O)COC(=O)c1ccc2c(c1)C(=O)N(CCc1ccccc1)C2=O. The van der Waals surface area contributed by atoms with Crippen LogP contribution >= 0.6 is 0 Å². The van der Waals surface area contributed by atoms with Crippen LogP contribution in [0.2, 0.25) is 0 Å². The van der Waals surface area contributed by atoms with Crippen LogP contribution in [0.3, 0.4) is 0 Å². The van der Waals surface area contributed by atoms with Gasteiger partial charge in [0.15, 0.2) is 6.61 Å². The Morgan fingerprint density at radius 3 is 2.12 bits per heavy atom. The molecule has 0 unspecified atom stereocenters. The Morgan fingerprint density at radius 1 is 0.824 bits per heavy atom. The van der Waals surface area contributed by atoms with Gasteiger partial charge in [0.25, 0.3) is 17.7 Å². The summed E-state index contributed by atoms with van der Waals surface area (Å²) >= 11 is 0. The minimum atomic E-state index is -0.729. The number of benzene rings is 3.